The van der Waals surface area contributed by atoms with Gasteiger partial charge in [-0.3, -0.25) is 4.79 Å². The van der Waals surface area contributed by atoms with Gasteiger partial charge in [-0.25, -0.2) is 16.8 Å². The second kappa shape index (κ2) is 11.4. The lowest BCUT2D eigenvalue weighted by atomic mass is 10.2. The minimum absolute atomic E-state index is 0.0147. The number of nitrogens with one attached hydrogen (secondary N) is 1. The van der Waals surface area contributed by atoms with Crippen LogP contribution in [-0.2, 0) is 24.8 Å². The molecule has 0 radical (unpaired) electrons. The summed E-state index contributed by atoms with van der Waals surface area (Å²) in [6.45, 7) is 2.44. The van der Waals surface area contributed by atoms with Crippen LogP contribution in [0.15, 0.2) is 52.3 Å². The average Bonchev–Trinajstić information content (AvgIpc) is 3.44. The van der Waals surface area contributed by atoms with Crippen LogP contribution in [0.5, 0.6) is 5.75 Å². The first-order valence-corrected chi connectivity index (χ1v) is 14.8. The number of halogens is 1. The van der Waals surface area contributed by atoms with E-state index in [0.29, 0.717) is 32.1 Å². The Morgan fingerprint density at radius 2 is 1.47 bits per heavy atom. The van der Waals surface area contributed by atoms with E-state index in [9.17, 15) is 21.6 Å². The topological polar surface area (TPSA) is 122 Å². The molecule has 2 heterocycles. The number of rotatable bonds is 9. The summed E-state index contributed by atoms with van der Waals surface area (Å²) in [6, 6.07) is 10.2. The highest BCUT2D eigenvalue weighted by atomic mass is 35.5. The molecule has 36 heavy (non-hydrogen) atoms. The number of morpholine rings is 1. The fourth-order valence-corrected chi connectivity index (χ4v) is 7.14. The predicted octanol–water partition coefficient (Wildman–Crippen LogP) is 1.95. The number of carbonyl (C=O) groups excluding carboxylic acids is 1. The number of hydrogen-bond donors (Lipinski definition) is 1. The second-order valence-electron chi connectivity index (χ2n) is 8.35. The average molecular weight is 558 g/mol. The van der Waals surface area contributed by atoms with E-state index in [2.05, 4.69) is 5.32 Å². The van der Waals surface area contributed by atoms with Gasteiger partial charge in [-0.2, -0.15) is 8.61 Å². The zero-order chi connectivity index (χ0) is 25.8. The van der Waals surface area contributed by atoms with E-state index < -0.39 is 26.0 Å². The van der Waals surface area contributed by atoms with Crippen LogP contribution in [-0.4, -0.2) is 83.9 Å². The lowest BCUT2D eigenvalue weighted by Gasteiger charge is -2.26. The van der Waals surface area contributed by atoms with Gasteiger partial charge in [-0.1, -0.05) is 11.6 Å². The molecule has 2 aromatic rings. The zero-order valence-corrected chi connectivity index (χ0v) is 21.9. The van der Waals surface area contributed by atoms with E-state index in [0.717, 1.165) is 12.8 Å². The lowest BCUT2D eigenvalue weighted by Crippen LogP contribution is -2.40. The molecule has 0 unspecified atom stereocenters. The van der Waals surface area contributed by atoms with Crippen molar-refractivity contribution in [2.75, 3.05) is 52.5 Å². The number of nitrogens with zero attached hydrogens (tertiary/aromatic N) is 2. The Morgan fingerprint density at radius 3 is 2.14 bits per heavy atom. The van der Waals surface area contributed by atoms with E-state index in [1.165, 1.54) is 38.9 Å². The normalized spacial score (nSPS) is 17.7. The summed E-state index contributed by atoms with van der Waals surface area (Å²) < 4.78 is 64.6. The minimum atomic E-state index is -3.77. The molecule has 2 aromatic carbocycles. The first-order chi connectivity index (χ1) is 17.2. The molecule has 0 atom stereocenters. The largest absolute Gasteiger partial charge is 0.492 e. The monoisotopic (exact) mass is 557 g/mol. The zero-order valence-electron chi connectivity index (χ0n) is 19.6. The summed E-state index contributed by atoms with van der Waals surface area (Å²) in [4.78, 5) is 12.9. The second-order valence-corrected chi connectivity index (χ2v) is 12.6. The van der Waals surface area contributed by atoms with Gasteiger partial charge in [0.2, 0.25) is 20.0 Å². The third kappa shape index (κ3) is 6.01. The van der Waals surface area contributed by atoms with Crippen molar-refractivity contribution in [2.45, 2.75) is 22.6 Å². The summed E-state index contributed by atoms with van der Waals surface area (Å²) in [5.74, 6) is -0.0732. The van der Waals surface area contributed by atoms with Crippen molar-refractivity contribution in [3.05, 3.63) is 53.1 Å². The Labute approximate surface area is 216 Å². The van der Waals surface area contributed by atoms with Crippen molar-refractivity contribution in [2.24, 2.45) is 0 Å². The standard InChI is InChI=1S/C23H28ClN3O7S2/c24-22-8-7-20(36(31,32)27-12-15-33-16-13-27)17-21(22)23(28)25-9-14-34-18-3-5-19(6-4-18)35(29,30)26-10-1-2-11-26/h3-8,17H,1-2,9-16H2,(H,25,28). The van der Waals surface area contributed by atoms with Crippen molar-refractivity contribution in [1.29, 1.82) is 0 Å². The fraction of sp³-hybridized carbons (Fsp3) is 0.435. The van der Waals surface area contributed by atoms with E-state index in [1.807, 2.05) is 0 Å². The molecule has 0 spiro atoms. The van der Waals surface area contributed by atoms with Gasteiger partial charge in [0.25, 0.3) is 5.91 Å². The Bertz CT molecular complexity index is 1290. The minimum Gasteiger partial charge on any atom is -0.492 e. The molecule has 196 valence electrons. The number of hydrogen-bond acceptors (Lipinski definition) is 7. The van der Waals surface area contributed by atoms with Crippen LogP contribution in [0.4, 0.5) is 0 Å². The van der Waals surface area contributed by atoms with Crippen LogP contribution < -0.4 is 10.1 Å². The van der Waals surface area contributed by atoms with Crippen LogP contribution in [0.2, 0.25) is 5.02 Å². The molecule has 2 aliphatic heterocycles. The third-order valence-corrected chi connectivity index (χ3v) is 10.1. The molecule has 2 aliphatic rings. The van der Waals surface area contributed by atoms with Gasteiger partial charge < -0.3 is 14.8 Å². The van der Waals surface area contributed by atoms with Crippen molar-refractivity contribution in [3.63, 3.8) is 0 Å². The van der Waals surface area contributed by atoms with E-state index in [-0.39, 0.29) is 46.6 Å². The Kier molecular flexibility index (Phi) is 8.53. The Balaban J connectivity index is 1.32. The highest BCUT2D eigenvalue weighted by Gasteiger charge is 2.28. The third-order valence-electron chi connectivity index (χ3n) is 5.97. The van der Waals surface area contributed by atoms with Gasteiger partial charge in [-0.15, -0.1) is 0 Å². The van der Waals surface area contributed by atoms with Gasteiger partial charge in [0.05, 0.1) is 40.1 Å². The molecule has 13 heteroatoms. The quantitative estimate of drug-likeness (QED) is 0.468. The van der Waals surface area contributed by atoms with Gasteiger partial charge >= 0.3 is 0 Å². The molecule has 0 aromatic heterocycles. The van der Waals surface area contributed by atoms with Gasteiger partial charge in [-0.05, 0) is 55.3 Å². The molecule has 0 bridgehead atoms. The van der Waals surface area contributed by atoms with Gasteiger partial charge in [0.15, 0.2) is 0 Å². The molecule has 1 amide bonds. The summed E-state index contributed by atoms with van der Waals surface area (Å²) in [5, 5.41) is 2.79. The molecule has 10 nitrogen and oxygen atoms in total. The molecule has 4 rings (SSSR count). The Hall–Kier alpha value is -2.22. The summed E-state index contributed by atoms with van der Waals surface area (Å²) >= 11 is 6.16. The highest BCUT2D eigenvalue weighted by Crippen LogP contribution is 2.24. The van der Waals surface area contributed by atoms with Crippen LogP contribution in [0.3, 0.4) is 0 Å². The van der Waals surface area contributed by atoms with E-state index in [1.54, 1.807) is 12.1 Å². The van der Waals surface area contributed by atoms with Crippen LogP contribution >= 0.6 is 11.6 Å². The maximum absolute atomic E-state index is 12.9. The summed E-state index contributed by atoms with van der Waals surface area (Å²) in [5.41, 5.74) is 0.0440. The number of ether oxygens (including phenoxy) is 2. The first-order valence-electron chi connectivity index (χ1n) is 11.6. The molecule has 2 fully saturated rings. The molecular formula is C23H28ClN3O7S2. The highest BCUT2D eigenvalue weighted by molar-refractivity contribution is 7.89. The van der Waals surface area contributed by atoms with Crippen LogP contribution in [0.25, 0.3) is 0 Å². The van der Waals surface area contributed by atoms with Crippen molar-refractivity contribution in [1.82, 2.24) is 13.9 Å². The van der Waals surface area contributed by atoms with Crippen LogP contribution in [0, 0.1) is 0 Å². The molecule has 2 saturated heterocycles. The summed E-state index contributed by atoms with van der Waals surface area (Å²) in [6.07, 6.45) is 1.73. The van der Waals surface area contributed by atoms with E-state index in [4.69, 9.17) is 21.1 Å². The van der Waals surface area contributed by atoms with Gasteiger partial charge in [0.1, 0.15) is 12.4 Å². The SMILES string of the molecule is O=C(NCCOc1ccc(S(=O)(=O)N2CCCC2)cc1)c1cc(S(=O)(=O)N2CCOCC2)ccc1Cl. The molecular weight excluding hydrogens is 530 g/mol. The van der Waals surface area contributed by atoms with Crippen molar-refractivity contribution < 1.29 is 31.1 Å². The van der Waals surface area contributed by atoms with E-state index >= 15 is 0 Å². The maximum atomic E-state index is 12.9. The molecule has 0 aliphatic carbocycles. The van der Waals surface area contributed by atoms with Gasteiger partial charge in [0, 0.05) is 26.2 Å². The van der Waals surface area contributed by atoms with Crippen molar-refractivity contribution in [3.8, 4) is 5.75 Å². The number of benzene rings is 2. The number of amides is 1. The first kappa shape index (κ1) is 26.8. The molecule has 0 saturated carbocycles. The maximum Gasteiger partial charge on any atom is 0.252 e. The number of sulfonamides is 2. The molecule has 1 N–H and O–H groups in total. The lowest BCUT2D eigenvalue weighted by molar-refractivity contribution is 0.0730. The van der Waals surface area contributed by atoms with Crippen LogP contribution in [0.1, 0.15) is 23.2 Å². The smallest absolute Gasteiger partial charge is 0.252 e. The van der Waals surface area contributed by atoms with Crippen molar-refractivity contribution >= 4 is 37.6 Å². The Morgan fingerprint density at radius 1 is 0.889 bits per heavy atom. The summed E-state index contributed by atoms with van der Waals surface area (Å²) in [7, 11) is -7.26. The fourth-order valence-electron chi connectivity index (χ4n) is 3.99. The predicted molar refractivity (Wildman–Crippen MR) is 133 cm³/mol. The number of carbonyl (C=O) groups is 1.